The molecule has 2 nitrogen and oxygen atoms in total. The lowest BCUT2D eigenvalue weighted by molar-refractivity contribution is 0.103. The lowest BCUT2D eigenvalue weighted by Crippen LogP contribution is -2.04. The summed E-state index contributed by atoms with van der Waals surface area (Å²) in [5.74, 6) is -0.0168. The predicted octanol–water partition coefficient (Wildman–Crippen LogP) is 3.82. The van der Waals surface area contributed by atoms with Crippen molar-refractivity contribution in [3.63, 3.8) is 0 Å². The van der Waals surface area contributed by atoms with E-state index in [0.717, 1.165) is 6.42 Å². The van der Waals surface area contributed by atoms with Gasteiger partial charge in [0.05, 0.1) is 4.47 Å². The fourth-order valence-electron chi connectivity index (χ4n) is 1.77. The van der Waals surface area contributed by atoms with Crippen molar-refractivity contribution in [3.8, 4) is 0 Å². The molecule has 0 bridgehead atoms. The molecular weight excluding hydrogens is 290 g/mol. The first kappa shape index (κ1) is 12.8. The van der Waals surface area contributed by atoms with Gasteiger partial charge in [-0.05, 0) is 40.0 Å². The van der Waals surface area contributed by atoms with Crippen molar-refractivity contribution in [2.45, 2.75) is 13.3 Å². The third kappa shape index (κ3) is 2.46. The smallest absolute Gasteiger partial charge is 0.194 e. The molecule has 0 saturated carbocycles. The van der Waals surface area contributed by atoms with E-state index >= 15 is 0 Å². The van der Waals surface area contributed by atoms with Gasteiger partial charge in [0.2, 0.25) is 0 Å². The predicted molar refractivity (Wildman–Crippen MR) is 77.8 cm³/mol. The third-order valence-electron chi connectivity index (χ3n) is 2.90. The second-order valence-electron chi connectivity index (χ2n) is 4.09. The number of halogens is 1. The molecule has 92 valence electrons. The SMILES string of the molecule is CCc1ccc(C(=O)c2cccc(N)c2Br)cc1. The van der Waals surface area contributed by atoms with Gasteiger partial charge in [-0.1, -0.05) is 37.3 Å². The molecule has 0 unspecified atom stereocenters. The van der Waals surface area contributed by atoms with Crippen LogP contribution in [0.25, 0.3) is 0 Å². The number of nitrogens with two attached hydrogens (primary N) is 1. The van der Waals surface area contributed by atoms with Crippen molar-refractivity contribution >= 4 is 27.4 Å². The molecule has 0 radical (unpaired) electrons. The maximum atomic E-state index is 12.3. The fourth-order valence-corrected chi connectivity index (χ4v) is 2.22. The summed E-state index contributed by atoms with van der Waals surface area (Å²) in [6.45, 7) is 2.09. The molecule has 0 saturated heterocycles. The average molecular weight is 304 g/mol. The summed E-state index contributed by atoms with van der Waals surface area (Å²) in [5, 5.41) is 0. The lowest BCUT2D eigenvalue weighted by atomic mass is 10.0. The maximum Gasteiger partial charge on any atom is 0.194 e. The van der Waals surface area contributed by atoms with Crippen LogP contribution in [0.5, 0.6) is 0 Å². The zero-order chi connectivity index (χ0) is 13.1. The minimum absolute atomic E-state index is 0.0168. The molecule has 3 heteroatoms. The number of aryl methyl sites for hydroxylation is 1. The number of carbonyl (C=O) groups excluding carboxylic acids is 1. The first-order valence-corrected chi connectivity index (χ1v) is 6.60. The van der Waals surface area contributed by atoms with Gasteiger partial charge in [-0.2, -0.15) is 0 Å². The molecule has 0 fully saturated rings. The molecule has 0 amide bonds. The van der Waals surface area contributed by atoms with Crippen LogP contribution in [0.3, 0.4) is 0 Å². The van der Waals surface area contributed by atoms with Gasteiger partial charge < -0.3 is 5.73 Å². The van der Waals surface area contributed by atoms with Crippen molar-refractivity contribution in [1.29, 1.82) is 0 Å². The average Bonchev–Trinajstić information content (AvgIpc) is 2.41. The Labute approximate surface area is 115 Å². The highest BCUT2D eigenvalue weighted by atomic mass is 79.9. The lowest BCUT2D eigenvalue weighted by Gasteiger charge is -2.06. The Balaban J connectivity index is 2.38. The molecular formula is C15H14BrNO. The molecule has 0 atom stereocenters. The van der Waals surface area contributed by atoms with Crippen molar-refractivity contribution in [2.24, 2.45) is 0 Å². The van der Waals surface area contributed by atoms with E-state index in [4.69, 9.17) is 5.73 Å². The van der Waals surface area contributed by atoms with Gasteiger partial charge in [-0.15, -0.1) is 0 Å². The summed E-state index contributed by atoms with van der Waals surface area (Å²) in [5.41, 5.74) is 8.85. The molecule has 2 N–H and O–H groups in total. The Morgan fingerprint density at radius 1 is 1.17 bits per heavy atom. The standard InChI is InChI=1S/C15H14BrNO/c1-2-10-6-8-11(9-7-10)15(18)12-4-3-5-13(17)14(12)16/h3-9H,2,17H2,1H3. The van der Waals surface area contributed by atoms with E-state index in [2.05, 4.69) is 22.9 Å². The zero-order valence-corrected chi connectivity index (χ0v) is 11.7. The third-order valence-corrected chi connectivity index (χ3v) is 3.78. The molecule has 0 spiro atoms. The molecule has 0 aliphatic heterocycles. The van der Waals surface area contributed by atoms with Gasteiger partial charge in [0.25, 0.3) is 0 Å². The Bertz CT molecular complexity index is 576. The minimum atomic E-state index is -0.0168. The summed E-state index contributed by atoms with van der Waals surface area (Å²) >= 11 is 3.36. The van der Waals surface area contributed by atoms with Gasteiger partial charge in [-0.3, -0.25) is 4.79 Å². The van der Waals surface area contributed by atoms with Crippen molar-refractivity contribution in [1.82, 2.24) is 0 Å². The molecule has 0 aliphatic rings. The van der Waals surface area contributed by atoms with Crippen LogP contribution < -0.4 is 5.73 Å². The van der Waals surface area contributed by atoms with Gasteiger partial charge in [0.15, 0.2) is 5.78 Å². The molecule has 0 aliphatic carbocycles. The summed E-state index contributed by atoms with van der Waals surface area (Å²) < 4.78 is 0.662. The normalized spacial score (nSPS) is 10.3. The Kier molecular flexibility index (Phi) is 3.82. The van der Waals surface area contributed by atoms with E-state index in [1.54, 1.807) is 18.2 Å². The Hall–Kier alpha value is -1.61. The summed E-state index contributed by atoms with van der Waals surface area (Å²) in [7, 11) is 0. The monoisotopic (exact) mass is 303 g/mol. The minimum Gasteiger partial charge on any atom is -0.398 e. The molecule has 18 heavy (non-hydrogen) atoms. The number of rotatable bonds is 3. The van der Waals surface area contributed by atoms with Gasteiger partial charge >= 0.3 is 0 Å². The van der Waals surface area contributed by atoms with Gasteiger partial charge in [0.1, 0.15) is 0 Å². The van der Waals surface area contributed by atoms with Crippen molar-refractivity contribution in [3.05, 3.63) is 63.6 Å². The zero-order valence-electron chi connectivity index (χ0n) is 10.1. The van der Waals surface area contributed by atoms with Crippen LogP contribution in [0, 0.1) is 0 Å². The Morgan fingerprint density at radius 3 is 2.44 bits per heavy atom. The quantitative estimate of drug-likeness (QED) is 0.692. The Morgan fingerprint density at radius 2 is 1.83 bits per heavy atom. The van der Waals surface area contributed by atoms with Crippen LogP contribution in [0.2, 0.25) is 0 Å². The maximum absolute atomic E-state index is 12.3. The highest BCUT2D eigenvalue weighted by Crippen LogP contribution is 2.26. The molecule has 2 rings (SSSR count). The van der Waals surface area contributed by atoms with E-state index in [-0.39, 0.29) is 5.78 Å². The number of ketones is 1. The second kappa shape index (κ2) is 5.36. The first-order chi connectivity index (χ1) is 8.63. The molecule has 2 aromatic carbocycles. The van der Waals surface area contributed by atoms with Gasteiger partial charge in [0, 0.05) is 16.8 Å². The van der Waals surface area contributed by atoms with E-state index in [9.17, 15) is 4.79 Å². The highest BCUT2D eigenvalue weighted by Gasteiger charge is 2.13. The number of carbonyl (C=O) groups is 1. The number of hydrogen-bond acceptors (Lipinski definition) is 2. The summed E-state index contributed by atoms with van der Waals surface area (Å²) in [6, 6.07) is 13.0. The van der Waals surface area contributed by atoms with Crippen LogP contribution in [0.15, 0.2) is 46.9 Å². The van der Waals surface area contributed by atoms with E-state index in [0.29, 0.717) is 21.3 Å². The molecule has 2 aromatic rings. The van der Waals surface area contributed by atoms with Crippen LogP contribution >= 0.6 is 15.9 Å². The van der Waals surface area contributed by atoms with Crippen LogP contribution in [0.4, 0.5) is 5.69 Å². The van der Waals surface area contributed by atoms with Crippen molar-refractivity contribution < 1.29 is 4.79 Å². The number of anilines is 1. The second-order valence-corrected chi connectivity index (χ2v) is 4.88. The number of nitrogen functional groups attached to an aromatic ring is 1. The topological polar surface area (TPSA) is 43.1 Å². The summed E-state index contributed by atoms with van der Waals surface area (Å²) in [4.78, 5) is 12.3. The van der Waals surface area contributed by atoms with E-state index in [1.807, 2.05) is 24.3 Å². The van der Waals surface area contributed by atoms with E-state index < -0.39 is 0 Å². The fraction of sp³-hybridized carbons (Fsp3) is 0.133. The first-order valence-electron chi connectivity index (χ1n) is 5.81. The van der Waals surface area contributed by atoms with Gasteiger partial charge in [-0.25, -0.2) is 0 Å². The van der Waals surface area contributed by atoms with E-state index in [1.165, 1.54) is 5.56 Å². The number of hydrogen-bond donors (Lipinski definition) is 1. The summed E-state index contributed by atoms with van der Waals surface area (Å²) in [6.07, 6.45) is 0.969. The highest BCUT2D eigenvalue weighted by molar-refractivity contribution is 9.10. The largest absolute Gasteiger partial charge is 0.398 e. The number of benzene rings is 2. The van der Waals surface area contributed by atoms with Crippen LogP contribution in [0.1, 0.15) is 28.4 Å². The van der Waals surface area contributed by atoms with Crippen molar-refractivity contribution in [2.75, 3.05) is 5.73 Å². The molecule has 0 aromatic heterocycles. The van der Waals surface area contributed by atoms with Crippen LogP contribution in [-0.4, -0.2) is 5.78 Å². The van der Waals surface area contributed by atoms with Crippen LogP contribution in [-0.2, 0) is 6.42 Å². The molecule has 0 heterocycles.